The average molecular weight is 613 g/mol. The lowest BCUT2D eigenvalue weighted by atomic mass is 10.1. The molecule has 4 nitrogen and oxygen atoms in total. The first-order valence-electron chi connectivity index (χ1n) is 12.4. The Morgan fingerprint density at radius 1 is 0.690 bits per heavy atom. The molecule has 2 unspecified atom stereocenters. The number of aliphatic imine (C=N–C) groups is 2. The highest BCUT2D eigenvalue weighted by atomic mass is 32.2. The lowest BCUT2D eigenvalue weighted by molar-refractivity contribution is -0.0888. The van der Waals surface area contributed by atoms with Crippen LogP contribution in [-0.4, -0.2) is 35.3 Å². The molecule has 4 aliphatic rings. The predicted octanol–water partition coefficient (Wildman–Crippen LogP) is 6.55. The molecule has 2 heterocycles. The number of ketones is 2. The van der Waals surface area contributed by atoms with E-state index >= 15 is 0 Å². The Morgan fingerprint density at radius 2 is 1.24 bits per heavy atom. The Hall–Kier alpha value is -3.90. The van der Waals surface area contributed by atoms with Crippen molar-refractivity contribution in [3.05, 3.63) is 109 Å². The van der Waals surface area contributed by atoms with Crippen LogP contribution in [0, 0.1) is 0 Å². The van der Waals surface area contributed by atoms with Gasteiger partial charge >= 0.3 is 12.4 Å². The van der Waals surface area contributed by atoms with E-state index in [1.165, 1.54) is 47.8 Å². The summed E-state index contributed by atoms with van der Waals surface area (Å²) in [5, 5.41) is 1.22. The second-order valence-corrected chi connectivity index (χ2v) is 12.1. The molecule has 0 saturated heterocycles. The molecular formula is C30H14F6N2O2S2. The van der Waals surface area contributed by atoms with Crippen molar-refractivity contribution >= 4 is 63.6 Å². The monoisotopic (exact) mass is 612 g/mol. The second kappa shape index (κ2) is 9.30. The number of nitrogens with zero attached hydrogens (tertiary/aromatic N) is 2. The smallest absolute Gasteiger partial charge is 0.284 e. The Labute approximate surface area is 241 Å². The number of alkyl halides is 6. The van der Waals surface area contributed by atoms with Crippen LogP contribution in [0.2, 0.25) is 0 Å². The van der Waals surface area contributed by atoms with Gasteiger partial charge in [-0.25, -0.2) is 0 Å². The molecule has 2 aliphatic heterocycles. The molecule has 2 aliphatic carbocycles. The normalized spacial score (nSPS) is 20.2. The van der Waals surface area contributed by atoms with Crippen LogP contribution in [0.1, 0.15) is 53.7 Å². The van der Waals surface area contributed by atoms with E-state index in [2.05, 4.69) is 0 Å². The van der Waals surface area contributed by atoms with E-state index in [1.807, 2.05) is 24.3 Å². The lowest BCUT2D eigenvalue weighted by Gasteiger charge is -2.09. The summed E-state index contributed by atoms with van der Waals surface area (Å²) in [4.78, 5) is 34.5. The number of halogens is 6. The molecule has 0 fully saturated rings. The first-order valence-corrected chi connectivity index (χ1v) is 14.2. The minimum atomic E-state index is -4.94. The van der Waals surface area contributed by atoms with Crippen molar-refractivity contribution in [2.24, 2.45) is 9.98 Å². The average Bonchev–Trinajstić information content (AvgIpc) is 3.69. The van der Waals surface area contributed by atoms with E-state index in [-0.39, 0.29) is 10.7 Å². The van der Waals surface area contributed by atoms with Gasteiger partial charge in [0.1, 0.15) is 10.7 Å². The summed E-state index contributed by atoms with van der Waals surface area (Å²) in [5.41, 5.74) is 3.98. The zero-order valence-electron chi connectivity index (χ0n) is 20.9. The van der Waals surface area contributed by atoms with Crippen molar-refractivity contribution in [2.75, 3.05) is 0 Å². The van der Waals surface area contributed by atoms with Gasteiger partial charge in [-0.3, -0.25) is 19.6 Å². The highest BCUT2D eigenvalue weighted by Gasteiger charge is 2.40. The van der Waals surface area contributed by atoms with Crippen LogP contribution in [-0.2, 0) is 0 Å². The van der Waals surface area contributed by atoms with Crippen LogP contribution >= 0.6 is 23.5 Å². The molecular weight excluding hydrogens is 598 g/mol. The summed E-state index contributed by atoms with van der Waals surface area (Å²) >= 11 is 2.95. The molecule has 210 valence electrons. The van der Waals surface area contributed by atoms with E-state index in [9.17, 15) is 35.9 Å². The maximum Gasteiger partial charge on any atom is 0.454 e. The van der Waals surface area contributed by atoms with Gasteiger partial charge in [-0.05, 0) is 51.4 Å². The molecule has 0 bridgehead atoms. The van der Waals surface area contributed by atoms with Crippen LogP contribution < -0.4 is 10.4 Å². The number of carbonyl (C=O) groups is 2. The van der Waals surface area contributed by atoms with Gasteiger partial charge in [0.25, 0.3) is 11.6 Å². The summed E-state index contributed by atoms with van der Waals surface area (Å²) in [6.45, 7) is 0. The molecule has 12 heteroatoms. The fourth-order valence-electron chi connectivity index (χ4n) is 5.15. The van der Waals surface area contributed by atoms with Gasteiger partial charge in [0, 0.05) is 26.5 Å². The van der Waals surface area contributed by atoms with Crippen molar-refractivity contribution in [2.45, 2.75) is 23.1 Å². The number of thioether (sulfide) groups is 2. The second-order valence-electron chi connectivity index (χ2n) is 9.84. The summed E-state index contributed by atoms with van der Waals surface area (Å²) < 4.78 is 76.5. The fourth-order valence-corrected chi connectivity index (χ4v) is 7.53. The molecule has 0 saturated carbocycles. The van der Waals surface area contributed by atoms with E-state index in [1.54, 1.807) is 0 Å². The molecule has 0 radical (unpaired) electrons. The summed E-state index contributed by atoms with van der Waals surface area (Å²) in [5.74, 6) is -3.78. The molecule has 7 rings (SSSR count). The van der Waals surface area contributed by atoms with Crippen LogP contribution in [0.25, 0.3) is 17.1 Å². The summed E-state index contributed by atoms with van der Waals surface area (Å²) in [6.07, 6.45) is -5.88. The van der Waals surface area contributed by atoms with Gasteiger partial charge in [0.15, 0.2) is 0 Å². The fraction of sp³-hybridized carbons (Fsp3) is 0.133. The number of benzene rings is 3. The Bertz CT molecular complexity index is 1940. The molecule has 3 aromatic carbocycles. The largest absolute Gasteiger partial charge is 0.454 e. The van der Waals surface area contributed by atoms with Crippen molar-refractivity contribution in [1.82, 2.24) is 0 Å². The minimum absolute atomic E-state index is 0.364. The Kier molecular flexibility index (Phi) is 5.97. The number of Topliss-reactive ketones (excluding diaryl/α,β-unsaturated/α-hetero) is 2. The van der Waals surface area contributed by atoms with Gasteiger partial charge in [-0.15, -0.1) is 0 Å². The van der Waals surface area contributed by atoms with Crippen LogP contribution in [0.4, 0.5) is 26.3 Å². The Morgan fingerprint density at radius 3 is 1.79 bits per heavy atom. The standard InChI is InChI=1S/C30H14F6N2O2S2/c31-29(32,33)25(39)13-1-5-15(6-2-13)27-37-21-10-17-9-18-11-22-23(19(18)12-20(17)24(21)42-27)38-28(41-22)16-7-3-14(4-8-16)26(40)30(34,35)36/h1-12,27-28H. The van der Waals surface area contributed by atoms with Crippen molar-refractivity contribution in [1.29, 1.82) is 0 Å². The Balaban J connectivity index is 1.15. The third-order valence-corrected chi connectivity index (χ3v) is 9.60. The van der Waals surface area contributed by atoms with Crippen molar-refractivity contribution in [3.8, 4) is 0 Å². The lowest BCUT2D eigenvalue weighted by Crippen LogP contribution is -2.24. The van der Waals surface area contributed by atoms with Crippen LogP contribution in [0.3, 0.4) is 0 Å². The first-order chi connectivity index (χ1) is 19.9. The van der Waals surface area contributed by atoms with Crippen LogP contribution in [0.5, 0.6) is 0 Å². The molecule has 0 N–H and O–H groups in total. The first kappa shape index (κ1) is 27.0. The van der Waals surface area contributed by atoms with E-state index < -0.39 is 35.0 Å². The SMILES string of the molecule is O=C(c1ccc(C2N=C3C(=Cc4cc5c(cc43)=C3SC(c4ccc(C(=O)C(F)(F)F)cc4)N=C3C=5)S2)cc1)C(F)(F)F. The summed E-state index contributed by atoms with van der Waals surface area (Å²) in [6, 6.07) is 14.7. The molecule has 3 aromatic rings. The van der Waals surface area contributed by atoms with Gasteiger partial charge < -0.3 is 0 Å². The number of carbonyl (C=O) groups excluding carboxylic acids is 2. The zero-order valence-corrected chi connectivity index (χ0v) is 22.5. The van der Waals surface area contributed by atoms with Crippen molar-refractivity contribution < 1.29 is 35.9 Å². The third kappa shape index (κ3) is 4.44. The van der Waals surface area contributed by atoms with E-state index in [4.69, 9.17) is 9.98 Å². The maximum atomic E-state index is 12.8. The zero-order chi connectivity index (χ0) is 29.6. The molecule has 42 heavy (non-hydrogen) atoms. The van der Waals surface area contributed by atoms with Crippen LogP contribution in [0.15, 0.2) is 75.6 Å². The third-order valence-electron chi connectivity index (χ3n) is 7.17. The maximum absolute atomic E-state index is 12.8. The molecule has 0 spiro atoms. The molecule has 2 atom stereocenters. The quantitative estimate of drug-likeness (QED) is 0.248. The predicted molar refractivity (Wildman–Crippen MR) is 150 cm³/mol. The van der Waals surface area contributed by atoms with Gasteiger partial charge in [-0.1, -0.05) is 72.1 Å². The molecule has 0 aromatic heterocycles. The van der Waals surface area contributed by atoms with Gasteiger partial charge in [0.2, 0.25) is 0 Å². The number of fused-ring (bicyclic) bond motifs is 5. The number of hydrogen-bond donors (Lipinski definition) is 0. The number of allylic oxidation sites excluding steroid dienone is 1. The highest BCUT2D eigenvalue weighted by Crippen LogP contribution is 2.48. The number of rotatable bonds is 4. The number of hydrogen-bond acceptors (Lipinski definition) is 6. The van der Waals surface area contributed by atoms with Crippen molar-refractivity contribution in [3.63, 3.8) is 0 Å². The van der Waals surface area contributed by atoms with Gasteiger partial charge in [0.05, 0.1) is 11.4 Å². The van der Waals surface area contributed by atoms with Gasteiger partial charge in [-0.2, -0.15) is 26.3 Å². The summed E-state index contributed by atoms with van der Waals surface area (Å²) in [7, 11) is 0. The van der Waals surface area contributed by atoms with E-state index in [0.29, 0.717) is 11.1 Å². The topological polar surface area (TPSA) is 58.9 Å². The van der Waals surface area contributed by atoms with E-state index in [0.717, 1.165) is 67.1 Å². The minimum Gasteiger partial charge on any atom is -0.284 e. The highest BCUT2D eigenvalue weighted by molar-refractivity contribution is 8.10. The molecule has 0 amide bonds.